The van der Waals surface area contributed by atoms with E-state index >= 15 is 0 Å². The molecule has 0 spiro atoms. The van der Waals surface area contributed by atoms with Crippen molar-refractivity contribution >= 4 is 23.4 Å². The number of halogens is 2. The largest absolute Gasteiger partial charge is 0.335 e. The molecule has 1 saturated heterocycles. The van der Waals surface area contributed by atoms with Gasteiger partial charge in [0.25, 0.3) is 11.8 Å². The van der Waals surface area contributed by atoms with Crippen LogP contribution in [0.15, 0.2) is 42.5 Å². The Hall–Kier alpha value is -2.40. The normalized spacial score (nSPS) is 14.4. The van der Waals surface area contributed by atoms with Crippen molar-refractivity contribution in [2.24, 2.45) is 0 Å². The van der Waals surface area contributed by atoms with Crippen LogP contribution in [0.2, 0.25) is 5.02 Å². The molecule has 0 saturated carbocycles. The SMILES string of the molecule is CCc1ccc(C(=O)N2CCN(C(=O)c3c(F)cccc3Cl)CC2)cc1. The Labute approximate surface area is 157 Å². The fraction of sp³-hybridized carbons (Fsp3) is 0.300. The topological polar surface area (TPSA) is 40.6 Å². The van der Waals surface area contributed by atoms with Crippen LogP contribution >= 0.6 is 11.6 Å². The van der Waals surface area contributed by atoms with Crippen LogP contribution in [-0.2, 0) is 6.42 Å². The van der Waals surface area contributed by atoms with Gasteiger partial charge in [0.1, 0.15) is 5.82 Å². The molecule has 0 atom stereocenters. The second-order valence-electron chi connectivity index (χ2n) is 6.23. The molecule has 6 heteroatoms. The van der Waals surface area contributed by atoms with Crippen molar-refractivity contribution in [3.05, 3.63) is 70.0 Å². The van der Waals surface area contributed by atoms with Gasteiger partial charge in [-0.2, -0.15) is 0 Å². The maximum absolute atomic E-state index is 13.9. The van der Waals surface area contributed by atoms with Gasteiger partial charge >= 0.3 is 0 Å². The van der Waals surface area contributed by atoms with E-state index in [0.29, 0.717) is 31.7 Å². The molecule has 0 radical (unpaired) electrons. The molecule has 1 aliphatic rings. The molecule has 2 aromatic carbocycles. The molecule has 1 fully saturated rings. The van der Waals surface area contributed by atoms with Gasteiger partial charge in [-0.25, -0.2) is 4.39 Å². The number of benzene rings is 2. The molecule has 3 rings (SSSR count). The summed E-state index contributed by atoms with van der Waals surface area (Å²) >= 11 is 5.98. The van der Waals surface area contributed by atoms with Crippen molar-refractivity contribution < 1.29 is 14.0 Å². The van der Waals surface area contributed by atoms with Crippen LogP contribution in [0.25, 0.3) is 0 Å². The number of piperazine rings is 1. The Balaban J connectivity index is 1.65. The lowest BCUT2D eigenvalue weighted by atomic mass is 10.1. The number of hydrogen-bond donors (Lipinski definition) is 0. The number of aryl methyl sites for hydroxylation is 1. The Kier molecular flexibility index (Phi) is 5.57. The van der Waals surface area contributed by atoms with Gasteiger partial charge in [-0.1, -0.05) is 36.7 Å². The number of rotatable bonds is 3. The average Bonchev–Trinajstić information content (AvgIpc) is 2.67. The zero-order chi connectivity index (χ0) is 18.7. The van der Waals surface area contributed by atoms with E-state index in [1.807, 2.05) is 24.3 Å². The second kappa shape index (κ2) is 7.87. The summed E-state index contributed by atoms with van der Waals surface area (Å²) in [7, 11) is 0. The average molecular weight is 375 g/mol. The maximum atomic E-state index is 13.9. The van der Waals surface area contributed by atoms with Crippen LogP contribution in [0.1, 0.15) is 33.2 Å². The van der Waals surface area contributed by atoms with E-state index in [4.69, 9.17) is 11.6 Å². The minimum Gasteiger partial charge on any atom is -0.335 e. The highest BCUT2D eigenvalue weighted by molar-refractivity contribution is 6.33. The van der Waals surface area contributed by atoms with Crippen molar-refractivity contribution in [2.75, 3.05) is 26.2 Å². The van der Waals surface area contributed by atoms with E-state index in [0.717, 1.165) is 6.42 Å². The molecule has 1 heterocycles. The van der Waals surface area contributed by atoms with Crippen LogP contribution in [0.5, 0.6) is 0 Å². The van der Waals surface area contributed by atoms with Crippen molar-refractivity contribution in [3.8, 4) is 0 Å². The van der Waals surface area contributed by atoms with E-state index < -0.39 is 11.7 Å². The molecule has 26 heavy (non-hydrogen) atoms. The van der Waals surface area contributed by atoms with Crippen LogP contribution < -0.4 is 0 Å². The van der Waals surface area contributed by atoms with Crippen LogP contribution in [-0.4, -0.2) is 47.8 Å². The van der Waals surface area contributed by atoms with Gasteiger partial charge in [-0.05, 0) is 36.2 Å². The minimum atomic E-state index is -0.628. The monoisotopic (exact) mass is 374 g/mol. The van der Waals surface area contributed by atoms with Gasteiger partial charge < -0.3 is 9.80 Å². The molecule has 0 unspecified atom stereocenters. The molecular weight excluding hydrogens is 355 g/mol. The van der Waals surface area contributed by atoms with Crippen LogP contribution in [0, 0.1) is 5.82 Å². The van der Waals surface area contributed by atoms with Gasteiger partial charge in [0.2, 0.25) is 0 Å². The Bertz CT molecular complexity index is 795. The van der Waals surface area contributed by atoms with Crippen molar-refractivity contribution in [1.82, 2.24) is 9.80 Å². The quantitative estimate of drug-likeness (QED) is 0.823. The number of carbonyl (C=O) groups is 2. The lowest BCUT2D eigenvalue weighted by molar-refractivity contribution is 0.0533. The summed E-state index contributed by atoms with van der Waals surface area (Å²) in [6, 6.07) is 11.8. The summed E-state index contributed by atoms with van der Waals surface area (Å²) < 4.78 is 13.9. The number of hydrogen-bond acceptors (Lipinski definition) is 2. The van der Waals surface area contributed by atoms with Crippen molar-refractivity contribution in [2.45, 2.75) is 13.3 Å². The summed E-state index contributed by atoms with van der Waals surface area (Å²) in [4.78, 5) is 28.4. The summed E-state index contributed by atoms with van der Waals surface area (Å²) in [5.74, 6) is -1.12. The first-order valence-electron chi connectivity index (χ1n) is 8.62. The van der Waals surface area contributed by atoms with E-state index in [2.05, 4.69) is 6.92 Å². The first kappa shape index (κ1) is 18.4. The molecule has 2 aromatic rings. The highest BCUT2D eigenvalue weighted by Crippen LogP contribution is 2.22. The highest BCUT2D eigenvalue weighted by Gasteiger charge is 2.28. The first-order chi connectivity index (χ1) is 12.5. The lowest BCUT2D eigenvalue weighted by Crippen LogP contribution is -2.50. The predicted octanol–water partition coefficient (Wildman–Crippen LogP) is 3.64. The standard InChI is InChI=1S/C20H20ClFN2O2/c1-2-14-6-8-15(9-7-14)19(25)23-10-12-24(13-11-23)20(26)18-16(21)4-3-5-17(18)22/h3-9H,2,10-13H2,1H3. The number of amides is 2. The molecule has 2 amide bonds. The summed E-state index contributed by atoms with van der Waals surface area (Å²) in [5.41, 5.74) is 1.71. The summed E-state index contributed by atoms with van der Waals surface area (Å²) in [6.45, 7) is 3.58. The Morgan fingerprint density at radius 1 is 0.962 bits per heavy atom. The van der Waals surface area contributed by atoms with Gasteiger partial charge in [0, 0.05) is 31.7 Å². The predicted molar refractivity (Wildman–Crippen MR) is 99.0 cm³/mol. The molecule has 4 nitrogen and oxygen atoms in total. The third kappa shape index (κ3) is 3.73. The lowest BCUT2D eigenvalue weighted by Gasteiger charge is -2.35. The van der Waals surface area contributed by atoms with E-state index in [9.17, 15) is 14.0 Å². The second-order valence-corrected chi connectivity index (χ2v) is 6.64. The molecule has 1 aliphatic heterocycles. The van der Waals surface area contributed by atoms with Crippen LogP contribution in [0.3, 0.4) is 0 Å². The third-order valence-electron chi connectivity index (χ3n) is 4.64. The van der Waals surface area contributed by atoms with Gasteiger partial charge in [0.05, 0.1) is 10.6 Å². The van der Waals surface area contributed by atoms with Gasteiger partial charge in [-0.15, -0.1) is 0 Å². The zero-order valence-electron chi connectivity index (χ0n) is 14.5. The van der Waals surface area contributed by atoms with Gasteiger partial charge in [0.15, 0.2) is 0 Å². The smallest absolute Gasteiger partial charge is 0.258 e. The fourth-order valence-electron chi connectivity index (χ4n) is 3.04. The molecule has 0 N–H and O–H groups in total. The third-order valence-corrected chi connectivity index (χ3v) is 4.95. The minimum absolute atomic E-state index is 0.0522. The molecule has 0 aliphatic carbocycles. The zero-order valence-corrected chi connectivity index (χ0v) is 15.3. The van der Waals surface area contributed by atoms with Gasteiger partial charge in [-0.3, -0.25) is 9.59 Å². The van der Waals surface area contributed by atoms with E-state index in [-0.39, 0.29) is 16.5 Å². The molecule has 0 bridgehead atoms. The Morgan fingerprint density at radius 2 is 1.54 bits per heavy atom. The summed E-state index contributed by atoms with van der Waals surface area (Å²) in [5, 5.41) is 0.101. The van der Waals surface area contributed by atoms with Crippen molar-refractivity contribution in [1.29, 1.82) is 0 Å². The molecule has 0 aromatic heterocycles. The fourth-order valence-corrected chi connectivity index (χ4v) is 3.28. The molecular formula is C20H20ClFN2O2. The van der Waals surface area contributed by atoms with Crippen molar-refractivity contribution in [3.63, 3.8) is 0 Å². The number of carbonyl (C=O) groups excluding carboxylic acids is 2. The van der Waals surface area contributed by atoms with Crippen LogP contribution in [0.4, 0.5) is 4.39 Å². The maximum Gasteiger partial charge on any atom is 0.258 e. The molecule has 136 valence electrons. The highest BCUT2D eigenvalue weighted by atomic mass is 35.5. The van der Waals surface area contributed by atoms with E-state index in [1.54, 1.807) is 4.90 Å². The summed E-state index contributed by atoms with van der Waals surface area (Å²) in [6.07, 6.45) is 0.924. The number of nitrogens with zero attached hydrogens (tertiary/aromatic N) is 2. The Morgan fingerprint density at radius 3 is 2.08 bits per heavy atom. The van der Waals surface area contributed by atoms with E-state index in [1.165, 1.54) is 28.7 Å². The first-order valence-corrected chi connectivity index (χ1v) is 9.00.